The lowest BCUT2D eigenvalue weighted by molar-refractivity contribution is -0.127. The normalized spacial score (nSPS) is 17.7. The van der Waals surface area contributed by atoms with Crippen molar-refractivity contribution in [3.05, 3.63) is 66.0 Å². The number of ether oxygens (including phenoxy) is 1. The van der Waals surface area contributed by atoms with E-state index in [1.807, 2.05) is 0 Å². The second kappa shape index (κ2) is 9.98. The molecule has 0 saturated carbocycles. The fourth-order valence-corrected chi connectivity index (χ4v) is 5.45. The van der Waals surface area contributed by atoms with Crippen LogP contribution in [-0.2, 0) is 19.6 Å². The Hall–Kier alpha value is -3.70. The molecule has 2 atom stereocenters. The second-order valence-electron chi connectivity index (χ2n) is 8.92. The highest BCUT2D eigenvalue weighted by atomic mass is 32.2. The van der Waals surface area contributed by atoms with E-state index in [0.29, 0.717) is 22.2 Å². The second-order valence-corrected chi connectivity index (χ2v) is 10.8. The third kappa shape index (κ3) is 5.09. The molecule has 1 aliphatic rings. The van der Waals surface area contributed by atoms with E-state index in [1.165, 1.54) is 46.6 Å². The number of halogens is 1. The fourth-order valence-electron chi connectivity index (χ4n) is 4.50. The molecule has 2 heterocycles. The van der Waals surface area contributed by atoms with Crippen LogP contribution < -0.4 is 9.62 Å². The first kappa shape index (κ1) is 26.4. The number of carbonyl (C=O) groups excluding carboxylic acids is 2. The Balaban J connectivity index is 1.89. The van der Waals surface area contributed by atoms with E-state index >= 15 is 0 Å². The van der Waals surface area contributed by atoms with Crippen molar-refractivity contribution in [2.45, 2.75) is 19.1 Å². The number of fused-ring (bicyclic) bond motifs is 2. The lowest BCUT2D eigenvalue weighted by Crippen LogP contribution is -2.43. The summed E-state index contributed by atoms with van der Waals surface area (Å²) in [4.78, 5) is 26.4. The van der Waals surface area contributed by atoms with Gasteiger partial charge in [-0.2, -0.15) is 0 Å². The minimum absolute atomic E-state index is 0.0374. The number of benzene rings is 2. The third-order valence-corrected chi connectivity index (χ3v) is 7.45. The minimum atomic E-state index is -3.76. The Kier molecular flexibility index (Phi) is 7.11. The van der Waals surface area contributed by atoms with E-state index < -0.39 is 34.0 Å². The van der Waals surface area contributed by atoms with Crippen molar-refractivity contribution in [1.82, 2.24) is 10.2 Å². The Morgan fingerprint density at radius 1 is 1.27 bits per heavy atom. The van der Waals surface area contributed by atoms with E-state index in [2.05, 4.69) is 11.9 Å². The van der Waals surface area contributed by atoms with Crippen molar-refractivity contribution in [3.63, 3.8) is 0 Å². The lowest BCUT2D eigenvalue weighted by atomic mass is 10.0. The van der Waals surface area contributed by atoms with Gasteiger partial charge in [-0.3, -0.25) is 13.9 Å². The van der Waals surface area contributed by atoms with E-state index in [1.54, 1.807) is 26.1 Å². The maximum absolute atomic E-state index is 13.5. The standard InChI is InChI=1S/C26H28FN3O6S/c1-6-23(31)29(4)13-18-14-30(37(5,33)34)21-12-22-20(11-19(21)15(2)35-18)24(26(32)28-3)25(36-22)16-7-9-17(27)10-8-16/h6-12,15,18H,1,13-14H2,2-5H3,(H,28,32)/t15-,18+/m0/s1. The van der Waals surface area contributed by atoms with Crippen molar-refractivity contribution in [2.75, 3.05) is 37.7 Å². The predicted octanol–water partition coefficient (Wildman–Crippen LogP) is 3.47. The number of likely N-dealkylation sites (N-methyl/N-ethyl adjacent to an activating group) is 1. The zero-order valence-electron chi connectivity index (χ0n) is 20.9. The van der Waals surface area contributed by atoms with Crippen LogP contribution in [0.4, 0.5) is 10.1 Å². The molecule has 9 nitrogen and oxygen atoms in total. The van der Waals surface area contributed by atoms with Gasteiger partial charge in [0.25, 0.3) is 5.91 Å². The van der Waals surface area contributed by atoms with Crippen molar-refractivity contribution < 1.29 is 31.6 Å². The third-order valence-electron chi connectivity index (χ3n) is 6.30. The average Bonchev–Trinajstić information content (AvgIpc) is 3.16. The van der Waals surface area contributed by atoms with Crippen molar-refractivity contribution in [2.24, 2.45) is 0 Å². The topological polar surface area (TPSA) is 109 Å². The van der Waals surface area contributed by atoms with Gasteiger partial charge in [0.2, 0.25) is 15.9 Å². The van der Waals surface area contributed by atoms with Gasteiger partial charge < -0.3 is 19.4 Å². The highest BCUT2D eigenvalue weighted by molar-refractivity contribution is 7.92. The molecule has 196 valence electrons. The first-order valence-electron chi connectivity index (χ1n) is 11.5. The molecule has 0 saturated heterocycles. The number of nitrogens with zero attached hydrogens (tertiary/aromatic N) is 2. The molecule has 2 aromatic carbocycles. The molecule has 1 N–H and O–H groups in total. The van der Waals surface area contributed by atoms with E-state index in [-0.39, 0.29) is 35.9 Å². The fraction of sp³-hybridized carbons (Fsp3) is 0.308. The summed E-state index contributed by atoms with van der Waals surface area (Å²) >= 11 is 0. The van der Waals surface area contributed by atoms with Crippen LogP contribution in [-0.4, -0.2) is 64.7 Å². The van der Waals surface area contributed by atoms with Crippen molar-refractivity contribution >= 4 is 38.5 Å². The SMILES string of the molecule is C=CC(=O)N(C)C[C@@H]1CN(S(C)(=O)=O)c2cc3oc(-c4ccc(F)cc4)c(C(=O)NC)c3cc2[C@H](C)O1. The summed E-state index contributed by atoms with van der Waals surface area (Å²) in [6, 6.07) is 8.80. The number of amides is 2. The molecule has 1 aliphatic heterocycles. The van der Waals surface area contributed by atoms with E-state index in [0.717, 1.165) is 6.26 Å². The molecule has 0 fully saturated rings. The maximum Gasteiger partial charge on any atom is 0.255 e. The molecular formula is C26H28FN3O6S. The van der Waals surface area contributed by atoms with Crippen molar-refractivity contribution in [1.29, 1.82) is 0 Å². The van der Waals surface area contributed by atoms with Crippen LogP contribution in [0.1, 0.15) is 28.9 Å². The number of hydrogen-bond donors (Lipinski definition) is 1. The number of hydrogen-bond acceptors (Lipinski definition) is 6. The molecule has 0 aliphatic carbocycles. The first-order chi connectivity index (χ1) is 17.4. The van der Waals surface area contributed by atoms with Gasteiger partial charge in [0, 0.05) is 43.2 Å². The highest BCUT2D eigenvalue weighted by Gasteiger charge is 2.34. The summed E-state index contributed by atoms with van der Waals surface area (Å²) in [6.45, 7) is 5.36. The lowest BCUT2D eigenvalue weighted by Gasteiger charge is -2.27. The quantitative estimate of drug-likeness (QED) is 0.490. The number of anilines is 1. The summed E-state index contributed by atoms with van der Waals surface area (Å²) in [5, 5.41) is 3.06. The van der Waals surface area contributed by atoms with Crippen LogP contribution in [0.15, 0.2) is 53.5 Å². The van der Waals surface area contributed by atoms with Gasteiger partial charge in [-0.25, -0.2) is 12.8 Å². The molecule has 11 heteroatoms. The summed E-state index contributed by atoms with van der Waals surface area (Å²) in [6.07, 6.45) is 1.06. The first-order valence-corrected chi connectivity index (χ1v) is 13.4. The van der Waals surface area contributed by atoms with E-state index in [4.69, 9.17) is 9.15 Å². The molecule has 0 radical (unpaired) electrons. The van der Waals surface area contributed by atoms with Crippen LogP contribution in [0.25, 0.3) is 22.3 Å². The Morgan fingerprint density at radius 2 is 1.95 bits per heavy atom. The Labute approximate surface area is 214 Å². The molecular weight excluding hydrogens is 501 g/mol. The molecule has 37 heavy (non-hydrogen) atoms. The Morgan fingerprint density at radius 3 is 2.54 bits per heavy atom. The summed E-state index contributed by atoms with van der Waals surface area (Å²) in [7, 11) is -0.691. The van der Waals surface area contributed by atoms with Gasteiger partial charge in [-0.05, 0) is 43.3 Å². The number of sulfonamides is 1. The number of nitrogens with one attached hydrogen (secondary N) is 1. The van der Waals surface area contributed by atoms with Crippen LogP contribution in [0.5, 0.6) is 0 Å². The smallest absolute Gasteiger partial charge is 0.255 e. The van der Waals surface area contributed by atoms with E-state index in [9.17, 15) is 22.4 Å². The van der Waals surface area contributed by atoms with Gasteiger partial charge in [-0.15, -0.1) is 0 Å². The molecule has 4 rings (SSSR count). The number of carbonyl (C=O) groups is 2. The van der Waals surface area contributed by atoms with Gasteiger partial charge in [0.1, 0.15) is 17.2 Å². The monoisotopic (exact) mass is 529 g/mol. The highest BCUT2D eigenvalue weighted by Crippen LogP contribution is 2.42. The van der Waals surface area contributed by atoms with Gasteiger partial charge in [0.05, 0.1) is 36.3 Å². The molecule has 3 aromatic rings. The maximum atomic E-state index is 13.5. The molecule has 0 bridgehead atoms. The zero-order chi connectivity index (χ0) is 27.1. The summed E-state index contributed by atoms with van der Waals surface area (Å²) in [5.74, 6) is -0.929. The summed E-state index contributed by atoms with van der Waals surface area (Å²) in [5.41, 5.74) is 1.91. The average molecular weight is 530 g/mol. The minimum Gasteiger partial charge on any atom is -0.455 e. The van der Waals surface area contributed by atoms with Gasteiger partial charge in [-0.1, -0.05) is 6.58 Å². The van der Waals surface area contributed by atoms with Crippen LogP contribution in [0.3, 0.4) is 0 Å². The number of furan rings is 1. The predicted molar refractivity (Wildman–Crippen MR) is 138 cm³/mol. The van der Waals surface area contributed by atoms with Gasteiger partial charge >= 0.3 is 0 Å². The zero-order valence-corrected chi connectivity index (χ0v) is 21.8. The molecule has 0 unspecified atom stereocenters. The van der Waals surface area contributed by atoms with Crippen LogP contribution in [0, 0.1) is 5.82 Å². The summed E-state index contributed by atoms with van der Waals surface area (Å²) < 4.78 is 52.8. The molecule has 1 aromatic heterocycles. The van der Waals surface area contributed by atoms with Crippen molar-refractivity contribution in [3.8, 4) is 11.3 Å². The van der Waals surface area contributed by atoms with Gasteiger partial charge in [0.15, 0.2) is 0 Å². The largest absolute Gasteiger partial charge is 0.455 e. The van der Waals surface area contributed by atoms with Crippen LogP contribution in [0.2, 0.25) is 0 Å². The Bertz CT molecular complexity index is 1480. The molecule has 0 spiro atoms. The number of rotatable bonds is 6. The molecule has 2 amide bonds. The van der Waals surface area contributed by atoms with Crippen LogP contribution >= 0.6 is 0 Å².